The molecule has 1 atom stereocenters. The highest BCUT2D eigenvalue weighted by molar-refractivity contribution is 9.10. The highest BCUT2D eigenvalue weighted by Gasteiger charge is 2.29. The Hall–Kier alpha value is -3.65. The van der Waals surface area contributed by atoms with E-state index in [0.29, 0.717) is 4.47 Å². The van der Waals surface area contributed by atoms with Crippen molar-refractivity contribution in [3.05, 3.63) is 87.9 Å². The summed E-state index contributed by atoms with van der Waals surface area (Å²) in [5.41, 5.74) is 4.48. The third kappa shape index (κ3) is 4.61. The van der Waals surface area contributed by atoms with Crippen LogP contribution in [-0.2, 0) is 9.53 Å². The topological polar surface area (TPSA) is 105 Å². The van der Waals surface area contributed by atoms with Crippen molar-refractivity contribution in [2.75, 3.05) is 11.9 Å². The second-order valence-electron chi connectivity index (χ2n) is 7.65. The van der Waals surface area contributed by atoms with Gasteiger partial charge in [-0.1, -0.05) is 54.6 Å². The minimum atomic E-state index is -1.18. The fraction of sp³-hybridized carbons (Fsp3) is 0.160. The van der Waals surface area contributed by atoms with Gasteiger partial charge in [-0.15, -0.1) is 0 Å². The standard InChI is InChI=1S/C25H21BrN2O5/c1-14(23(29)28-22-19(24(30)31)11-6-12-21(22)26)27-25(32)33-13-20-17-9-4-2-7-15(17)16-8-3-5-10-18(16)20/h2-12,14,20H,13H2,1H3,(H,27,32)(H,28,29)(H,30,31)/t14-/m1/s1. The quantitative estimate of drug-likeness (QED) is 0.433. The smallest absolute Gasteiger partial charge is 0.407 e. The van der Waals surface area contributed by atoms with Gasteiger partial charge in [-0.3, -0.25) is 4.79 Å². The molecule has 1 aliphatic rings. The van der Waals surface area contributed by atoms with Gasteiger partial charge in [0, 0.05) is 10.4 Å². The van der Waals surface area contributed by atoms with Crippen LogP contribution in [0.2, 0.25) is 0 Å². The van der Waals surface area contributed by atoms with Gasteiger partial charge in [0.05, 0.1) is 11.3 Å². The van der Waals surface area contributed by atoms with Gasteiger partial charge < -0.3 is 20.5 Å². The number of fused-ring (bicyclic) bond motifs is 3. The van der Waals surface area contributed by atoms with Crippen molar-refractivity contribution in [2.45, 2.75) is 18.9 Å². The van der Waals surface area contributed by atoms with Gasteiger partial charge in [0.25, 0.3) is 0 Å². The highest BCUT2D eigenvalue weighted by Crippen LogP contribution is 2.44. The molecule has 3 aromatic carbocycles. The maximum atomic E-state index is 12.6. The first-order chi connectivity index (χ1) is 15.9. The Morgan fingerprint density at radius 3 is 2.18 bits per heavy atom. The van der Waals surface area contributed by atoms with Crippen LogP contribution in [0.5, 0.6) is 0 Å². The number of anilines is 1. The highest BCUT2D eigenvalue weighted by atomic mass is 79.9. The zero-order valence-corrected chi connectivity index (χ0v) is 19.3. The number of aromatic carboxylic acids is 1. The average molecular weight is 509 g/mol. The van der Waals surface area contributed by atoms with Crippen LogP contribution in [0.25, 0.3) is 11.1 Å². The van der Waals surface area contributed by atoms with E-state index in [1.54, 1.807) is 12.1 Å². The summed E-state index contributed by atoms with van der Waals surface area (Å²) in [6, 6.07) is 19.6. The number of ether oxygens (including phenoxy) is 1. The van der Waals surface area contributed by atoms with E-state index in [4.69, 9.17) is 4.74 Å². The summed E-state index contributed by atoms with van der Waals surface area (Å²) in [5, 5.41) is 14.4. The summed E-state index contributed by atoms with van der Waals surface area (Å²) in [4.78, 5) is 36.4. The van der Waals surface area contributed by atoms with Crippen molar-refractivity contribution in [1.82, 2.24) is 5.32 Å². The fourth-order valence-electron chi connectivity index (χ4n) is 3.94. The number of nitrogens with one attached hydrogen (secondary N) is 2. The Labute approximate surface area is 198 Å². The molecule has 33 heavy (non-hydrogen) atoms. The van der Waals surface area contributed by atoms with Gasteiger partial charge in [0.2, 0.25) is 5.91 Å². The lowest BCUT2D eigenvalue weighted by Crippen LogP contribution is -2.42. The lowest BCUT2D eigenvalue weighted by Gasteiger charge is -2.18. The van der Waals surface area contributed by atoms with Crippen LogP contribution >= 0.6 is 15.9 Å². The summed E-state index contributed by atoms with van der Waals surface area (Å²) in [7, 11) is 0. The van der Waals surface area contributed by atoms with E-state index in [0.717, 1.165) is 22.3 Å². The second kappa shape index (κ2) is 9.46. The molecule has 2 amide bonds. The van der Waals surface area contributed by atoms with Crippen LogP contribution in [-0.4, -0.2) is 35.7 Å². The van der Waals surface area contributed by atoms with E-state index in [9.17, 15) is 19.5 Å². The molecular formula is C25H21BrN2O5. The summed E-state index contributed by atoms with van der Waals surface area (Å²) in [5.74, 6) is -1.84. The molecule has 3 aromatic rings. The molecule has 7 nitrogen and oxygen atoms in total. The summed E-state index contributed by atoms with van der Waals surface area (Å²) >= 11 is 3.24. The number of amides is 2. The number of hydrogen-bond donors (Lipinski definition) is 3. The number of carboxylic acids is 1. The number of carbonyl (C=O) groups excluding carboxylic acids is 2. The molecule has 0 saturated heterocycles. The maximum absolute atomic E-state index is 12.6. The lowest BCUT2D eigenvalue weighted by atomic mass is 9.98. The third-order valence-electron chi connectivity index (χ3n) is 5.56. The van der Waals surface area contributed by atoms with E-state index < -0.39 is 24.0 Å². The zero-order chi connectivity index (χ0) is 23.5. The van der Waals surface area contributed by atoms with E-state index in [-0.39, 0.29) is 23.8 Å². The minimum Gasteiger partial charge on any atom is -0.478 e. The van der Waals surface area contributed by atoms with Gasteiger partial charge in [-0.25, -0.2) is 9.59 Å². The number of halogens is 1. The second-order valence-corrected chi connectivity index (χ2v) is 8.50. The number of alkyl carbamates (subject to hydrolysis) is 1. The van der Waals surface area contributed by atoms with Crippen molar-refractivity contribution in [2.24, 2.45) is 0 Å². The number of benzene rings is 3. The number of rotatable bonds is 6. The van der Waals surface area contributed by atoms with Crippen molar-refractivity contribution >= 4 is 39.6 Å². The predicted molar refractivity (Wildman–Crippen MR) is 127 cm³/mol. The van der Waals surface area contributed by atoms with Crippen molar-refractivity contribution < 1.29 is 24.2 Å². The number of para-hydroxylation sites is 1. The van der Waals surface area contributed by atoms with Gasteiger partial charge in [-0.2, -0.15) is 0 Å². The fourth-order valence-corrected chi connectivity index (χ4v) is 4.41. The van der Waals surface area contributed by atoms with Crippen LogP contribution < -0.4 is 10.6 Å². The summed E-state index contributed by atoms with van der Waals surface area (Å²) < 4.78 is 5.88. The molecule has 4 rings (SSSR count). The third-order valence-corrected chi connectivity index (χ3v) is 6.22. The van der Waals surface area contributed by atoms with E-state index in [1.165, 1.54) is 13.0 Å². The summed E-state index contributed by atoms with van der Waals surface area (Å²) in [6.45, 7) is 1.62. The molecule has 8 heteroatoms. The molecule has 168 valence electrons. The Bertz CT molecular complexity index is 1200. The van der Waals surface area contributed by atoms with Crippen LogP contribution in [0, 0.1) is 0 Å². The molecule has 0 saturated carbocycles. The molecule has 0 spiro atoms. The normalized spacial score (nSPS) is 12.9. The Balaban J connectivity index is 1.39. The van der Waals surface area contributed by atoms with Crippen LogP contribution in [0.4, 0.5) is 10.5 Å². The number of hydrogen-bond acceptors (Lipinski definition) is 4. The monoisotopic (exact) mass is 508 g/mol. The molecule has 0 heterocycles. The first kappa shape index (κ1) is 22.5. The first-order valence-corrected chi connectivity index (χ1v) is 11.1. The molecule has 0 radical (unpaired) electrons. The molecule has 0 fully saturated rings. The Kier molecular flexibility index (Phi) is 6.46. The lowest BCUT2D eigenvalue weighted by molar-refractivity contribution is -0.117. The Morgan fingerprint density at radius 1 is 0.970 bits per heavy atom. The first-order valence-electron chi connectivity index (χ1n) is 10.3. The van der Waals surface area contributed by atoms with Crippen LogP contribution in [0.15, 0.2) is 71.2 Å². The van der Waals surface area contributed by atoms with Crippen molar-refractivity contribution in [1.29, 1.82) is 0 Å². The van der Waals surface area contributed by atoms with Crippen molar-refractivity contribution in [3.63, 3.8) is 0 Å². The van der Waals surface area contributed by atoms with Gasteiger partial charge in [-0.05, 0) is 57.2 Å². The molecule has 0 unspecified atom stereocenters. The maximum Gasteiger partial charge on any atom is 0.407 e. The van der Waals surface area contributed by atoms with E-state index in [1.807, 2.05) is 48.5 Å². The van der Waals surface area contributed by atoms with Gasteiger partial charge in [0.1, 0.15) is 12.6 Å². The minimum absolute atomic E-state index is 0.0638. The van der Waals surface area contributed by atoms with Crippen molar-refractivity contribution in [3.8, 4) is 11.1 Å². The van der Waals surface area contributed by atoms with E-state index in [2.05, 4.69) is 26.6 Å². The average Bonchev–Trinajstić information content (AvgIpc) is 3.12. The number of carbonyl (C=O) groups is 3. The molecule has 0 bridgehead atoms. The predicted octanol–water partition coefficient (Wildman–Crippen LogP) is 5.01. The molecule has 0 aliphatic heterocycles. The van der Waals surface area contributed by atoms with E-state index >= 15 is 0 Å². The van der Waals surface area contributed by atoms with Gasteiger partial charge >= 0.3 is 12.1 Å². The SMILES string of the molecule is C[C@@H](NC(=O)OCC1c2ccccc2-c2ccccc21)C(=O)Nc1c(Br)cccc1C(=O)O. The number of carboxylic acid groups (broad SMARTS) is 1. The van der Waals surface area contributed by atoms with Gasteiger partial charge in [0.15, 0.2) is 0 Å². The molecular weight excluding hydrogens is 488 g/mol. The van der Waals surface area contributed by atoms with Crippen LogP contribution in [0.3, 0.4) is 0 Å². The Morgan fingerprint density at radius 2 is 1.58 bits per heavy atom. The molecule has 3 N–H and O–H groups in total. The molecule has 1 aliphatic carbocycles. The molecule has 0 aromatic heterocycles. The largest absolute Gasteiger partial charge is 0.478 e. The van der Waals surface area contributed by atoms with Crippen LogP contribution in [0.1, 0.15) is 34.3 Å². The zero-order valence-electron chi connectivity index (χ0n) is 17.7. The summed E-state index contributed by atoms with van der Waals surface area (Å²) in [6.07, 6.45) is -0.731.